The number of nitrogens with zero attached hydrogens (tertiary/aromatic N) is 3. The molecule has 7 heteroatoms. The summed E-state index contributed by atoms with van der Waals surface area (Å²) in [5, 5.41) is 3.72. The molecule has 0 spiro atoms. The van der Waals surface area contributed by atoms with Gasteiger partial charge >= 0.3 is 0 Å². The molecule has 0 fully saturated rings. The van der Waals surface area contributed by atoms with E-state index in [1.165, 1.54) is 22.2 Å². The molecule has 1 aromatic carbocycles. The first-order valence-electron chi connectivity index (χ1n) is 9.20. The molecule has 3 heterocycles. The van der Waals surface area contributed by atoms with E-state index < -0.39 is 0 Å². The molecule has 6 nitrogen and oxygen atoms in total. The van der Waals surface area contributed by atoms with E-state index in [1.807, 2.05) is 56.3 Å². The van der Waals surface area contributed by atoms with Crippen molar-refractivity contribution < 1.29 is 4.79 Å². The fourth-order valence-electron chi connectivity index (χ4n) is 3.01. The number of benzene rings is 1. The highest BCUT2D eigenvalue weighted by atomic mass is 32.1. The Morgan fingerprint density at radius 2 is 2.00 bits per heavy atom. The molecule has 4 aromatic rings. The molecular formula is C21H20N4O2S. The van der Waals surface area contributed by atoms with Crippen LogP contribution in [0.1, 0.15) is 20.3 Å². The molecule has 0 aliphatic heterocycles. The Labute approximate surface area is 165 Å². The molecule has 0 saturated carbocycles. The summed E-state index contributed by atoms with van der Waals surface area (Å²) in [6.45, 7) is 3.89. The van der Waals surface area contributed by atoms with Crippen LogP contribution in [0.3, 0.4) is 0 Å². The van der Waals surface area contributed by atoms with Crippen LogP contribution in [0.2, 0.25) is 0 Å². The molecule has 28 heavy (non-hydrogen) atoms. The molecule has 4 rings (SSSR count). The predicted molar refractivity (Wildman–Crippen MR) is 113 cm³/mol. The lowest BCUT2D eigenvalue weighted by Crippen LogP contribution is -2.37. The SMILES string of the molecule is CC[C@@H](C)NC(=O)Cn1cnc2c(sc3nc(-c4ccccc4)ccc32)c1=O. The minimum absolute atomic E-state index is 0.0386. The molecule has 0 aliphatic rings. The van der Waals surface area contributed by atoms with Gasteiger partial charge in [0.25, 0.3) is 5.56 Å². The van der Waals surface area contributed by atoms with Gasteiger partial charge in [-0.3, -0.25) is 14.2 Å². The number of nitrogens with one attached hydrogen (secondary N) is 1. The molecular weight excluding hydrogens is 372 g/mol. The first kappa shape index (κ1) is 18.3. The summed E-state index contributed by atoms with van der Waals surface area (Å²) < 4.78 is 1.87. The van der Waals surface area contributed by atoms with Crippen LogP contribution in [0.25, 0.3) is 31.7 Å². The Kier molecular flexibility index (Phi) is 4.92. The first-order chi connectivity index (χ1) is 13.6. The van der Waals surface area contributed by atoms with Gasteiger partial charge in [-0.1, -0.05) is 37.3 Å². The molecule has 1 N–H and O–H groups in total. The second-order valence-corrected chi connectivity index (χ2v) is 7.75. The molecule has 3 aromatic heterocycles. The summed E-state index contributed by atoms with van der Waals surface area (Å²) in [6, 6.07) is 13.9. The summed E-state index contributed by atoms with van der Waals surface area (Å²) in [5.41, 5.74) is 2.30. The standard InChI is InChI=1S/C21H20N4O2S/c1-3-13(2)23-17(26)11-25-12-22-18-15-9-10-16(14-7-5-4-6-8-14)24-20(15)28-19(18)21(25)27/h4-10,12-13H,3,11H2,1-2H3,(H,23,26)/t13-/m1/s1. The van der Waals surface area contributed by atoms with Gasteiger partial charge in [-0.25, -0.2) is 9.97 Å². The number of hydrogen-bond donors (Lipinski definition) is 1. The highest BCUT2D eigenvalue weighted by molar-refractivity contribution is 7.25. The third-order valence-corrected chi connectivity index (χ3v) is 5.79. The van der Waals surface area contributed by atoms with Gasteiger partial charge in [0.1, 0.15) is 16.1 Å². The van der Waals surface area contributed by atoms with E-state index in [0.717, 1.165) is 27.9 Å². The summed E-state index contributed by atoms with van der Waals surface area (Å²) in [5.74, 6) is -0.191. The molecule has 1 amide bonds. The quantitative estimate of drug-likeness (QED) is 0.563. The van der Waals surface area contributed by atoms with E-state index in [4.69, 9.17) is 4.98 Å². The number of carbonyl (C=O) groups excluding carboxylic acids is 1. The molecule has 0 unspecified atom stereocenters. The van der Waals surface area contributed by atoms with Crippen molar-refractivity contribution in [3.8, 4) is 11.3 Å². The number of amides is 1. The fourth-order valence-corrected chi connectivity index (χ4v) is 4.08. The van der Waals surface area contributed by atoms with Crippen LogP contribution in [0.15, 0.2) is 53.6 Å². The van der Waals surface area contributed by atoms with Gasteiger partial charge in [0.15, 0.2) is 0 Å². The molecule has 0 aliphatic carbocycles. The van der Waals surface area contributed by atoms with Gasteiger partial charge in [0, 0.05) is 17.0 Å². The summed E-state index contributed by atoms with van der Waals surface area (Å²) >= 11 is 1.32. The third kappa shape index (κ3) is 3.41. The Balaban J connectivity index is 1.73. The zero-order chi connectivity index (χ0) is 19.7. The zero-order valence-corrected chi connectivity index (χ0v) is 16.5. The van der Waals surface area contributed by atoms with Gasteiger partial charge in [-0.2, -0.15) is 0 Å². The fraction of sp³-hybridized carbons (Fsp3) is 0.238. The van der Waals surface area contributed by atoms with Gasteiger partial charge in [0.05, 0.1) is 17.5 Å². The average molecular weight is 392 g/mol. The topological polar surface area (TPSA) is 76.9 Å². The van der Waals surface area contributed by atoms with E-state index >= 15 is 0 Å². The number of carbonyl (C=O) groups is 1. The Morgan fingerprint density at radius 1 is 1.21 bits per heavy atom. The van der Waals surface area contributed by atoms with Crippen LogP contribution < -0.4 is 10.9 Å². The second kappa shape index (κ2) is 7.52. The second-order valence-electron chi connectivity index (χ2n) is 6.75. The zero-order valence-electron chi connectivity index (χ0n) is 15.7. The van der Waals surface area contributed by atoms with Gasteiger partial charge < -0.3 is 5.32 Å². The number of rotatable bonds is 5. The van der Waals surface area contributed by atoms with Gasteiger partial charge in [-0.15, -0.1) is 11.3 Å². The summed E-state index contributed by atoms with van der Waals surface area (Å²) in [7, 11) is 0. The van der Waals surface area contributed by atoms with Crippen molar-refractivity contribution in [3.05, 3.63) is 59.1 Å². The Bertz CT molecular complexity index is 1210. The highest BCUT2D eigenvalue weighted by Crippen LogP contribution is 2.31. The maximum atomic E-state index is 12.9. The van der Waals surface area contributed by atoms with Crippen molar-refractivity contribution in [1.29, 1.82) is 0 Å². The maximum Gasteiger partial charge on any atom is 0.271 e. The molecule has 1 atom stereocenters. The number of fused-ring (bicyclic) bond motifs is 3. The smallest absolute Gasteiger partial charge is 0.271 e. The van der Waals surface area contributed by atoms with Crippen LogP contribution in [0, 0.1) is 0 Å². The molecule has 0 radical (unpaired) electrons. The van der Waals surface area contributed by atoms with Crippen LogP contribution in [0.4, 0.5) is 0 Å². The van der Waals surface area contributed by atoms with Crippen LogP contribution in [-0.4, -0.2) is 26.5 Å². The van der Waals surface area contributed by atoms with Gasteiger partial charge in [0.2, 0.25) is 5.91 Å². The Morgan fingerprint density at radius 3 is 2.75 bits per heavy atom. The monoisotopic (exact) mass is 392 g/mol. The summed E-state index contributed by atoms with van der Waals surface area (Å²) in [6.07, 6.45) is 2.28. The van der Waals surface area contributed by atoms with E-state index in [1.54, 1.807) is 0 Å². The van der Waals surface area contributed by atoms with Crippen LogP contribution in [0.5, 0.6) is 0 Å². The van der Waals surface area contributed by atoms with Crippen molar-refractivity contribution in [2.75, 3.05) is 0 Å². The van der Waals surface area contributed by atoms with Crippen molar-refractivity contribution in [2.24, 2.45) is 0 Å². The predicted octanol–water partition coefficient (Wildman–Crippen LogP) is 3.59. The van der Waals surface area contributed by atoms with Crippen molar-refractivity contribution in [2.45, 2.75) is 32.9 Å². The maximum absolute atomic E-state index is 12.9. The lowest BCUT2D eigenvalue weighted by molar-refractivity contribution is -0.122. The lowest BCUT2D eigenvalue weighted by Gasteiger charge is -2.11. The number of thiophene rings is 1. The van der Waals surface area contributed by atoms with E-state index in [0.29, 0.717) is 10.2 Å². The van der Waals surface area contributed by atoms with Gasteiger partial charge in [-0.05, 0) is 25.5 Å². The largest absolute Gasteiger partial charge is 0.352 e. The highest BCUT2D eigenvalue weighted by Gasteiger charge is 2.15. The van der Waals surface area contributed by atoms with Crippen molar-refractivity contribution in [1.82, 2.24) is 19.9 Å². The molecule has 142 valence electrons. The Hall–Kier alpha value is -3.06. The van der Waals surface area contributed by atoms with Crippen LogP contribution in [-0.2, 0) is 11.3 Å². The van der Waals surface area contributed by atoms with Crippen LogP contribution >= 0.6 is 11.3 Å². The summed E-state index contributed by atoms with van der Waals surface area (Å²) in [4.78, 5) is 34.9. The van der Waals surface area contributed by atoms with E-state index in [-0.39, 0.29) is 24.1 Å². The molecule has 0 saturated heterocycles. The van der Waals surface area contributed by atoms with E-state index in [9.17, 15) is 9.59 Å². The first-order valence-corrected chi connectivity index (χ1v) is 10.0. The normalized spacial score (nSPS) is 12.4. The van der Waals surface area contributed by atoms with E-state index in [2.05, 4.69) is 10.3 Å². The van der Waals surface area contributed by atoms with Crippen molar-refractivity contribution in [3.63, 3.8) is 0 Å². The number of hydrogen-bond acceptors (Lipinski definition) is 5. The molecule has 0 bridgehead atoms. The third-order valence-electron chi connectivity index (χ3n) is 4.71. The minimum Gasteiger partial charge on any atom is -0.352 e. The lowest BCUT2D eigenvalue weighted by atomic mass is 10.1. The number of pyridine rings is 1. The minimum atomic E-state index is -0.214. The van der Waals surface area contributed by atoms with Crippen molar-refractivity contribution >= 4 is 37.7 Å². The average Bonchev–Trinajstić information content (AvgIpc) is 3.09. The number of aromatic nitrogens is 3.